The first kappa shape index (κ1) is 9.04. The van der Waals surface area contributed by atoms with Gasteiger partial charge in [0, 0.05) is 6.04 Å². The second-order valence-corrected chi connectivity index (χ2v) is 6.45. The van der Waals surface area contributed by atoms with Crippen LogP contribution in [0.5, 0.6) is 0 Å². The molecular formula is C14H22N. The van der Waals surface area contributed by atoms with Crippen LogP contribution in [0.25, 0.3) is 0 Å². The van der Waals surface area contributed by atoms with E-state index in [-0.39, 0.29) is 0 Å². The Bertz CT molecular complexity index is 226. The number of nitrogens with zero attached hydrogens (tertiary/aromatic N) is 1. The van der Waals surface area contributed by atoms with Gasteiger partial charge >= 0.3 is 0 Å². The first-order valence-electron chi connectivity index (χ1n) is 6.99. The van der Waals surface area contributed by atoms with Crippen LogP contribution < -0.4 is 0 Å². The molecule has 5 rings (SSSR count). The standard InChI is InChI=1S/C14H22N/c1-2-4-15(3-1)14-12-6-10-5-11(8-12)9-13(14)7-10/h10-12,14H,1-9H2. The average molecular weight is 204 g/mol. The minimum Gasteiger partial charge on any atom is -0.300 e. The number of likely N-dealkylation sites (tertiary alicyclic amines) is 1. The van der Waals surface area contributed by atoms with E-state index in [4.69, 9.17) is 0 Å². The molecule has 5 aliphatic rings. The molecule has 1 nitrogen and oxygen atoms in total. The molecule has 0 spiro atoms. The third kappa shape index (κ3) is 1.32. The lowest BCUT2D eigenvalue weighted by Gasteiger charge is -2.56. The number of rotatable bonds is 1. The zero-order chi connectivity index (χ0) is 9.83. The van der Waals surface area contributed by atoms with Gasteiger partial charge < -0.3 is 0 Å². The molecule has 0 amide bonds. The molecule has 0 aromatic heterocycles. The maximum Gasteiger partial charge on any atom is 0.0186 e. The van der Waals surface area contributed by atoms with Crippen molar-refractivity contribution >= 4 is 0 Å². The lowest BCUT2D eigenvalue weighted by atomic mass is 9.54. The largest absolute Gasteiger partial charge is 0.300 e. The lowest BCUT2D eigenvalue weighted by molar-refractivity contribution is 0.0127. The van der Waals surface area contributed by atoms with Crippen LogP contribution in [-0.4, -0.2) is 24.0 Å². The normalized spacial score (nSPS) is 50.4. The minimum atomic E-state index is 0.945. The zero-order valence-corrected chi connectivity index (χ0v) is 9.62. The first-order chi connectivity index (χ1) is 7.40. The van der Waals surface area contributed by atoms with Crippen LogP contribution in [0.4, 0.5) is 0 Å². The molecule has 4 bridgehead atoms. The van der Waals surface area contributed by atoms with E-state index in [0.29, 0.717) is 0 Å². The number of hydrogen-bond donors (Lipinski definition) is 0. The Morgan fingerprint density at radius 2 is 1.53 bits per heavy atom. The maximum atomic E-state index is 2.83. The summed E-state index contributed by atoms with van der Waals surface area (Å²) >= 11 is 0. The van der Waals surface area contributed by atoms with Crippen molar-refractivity contribution in [3.63, 3.8) is 0 Å². The fourth-order valence-corrected chi connectivity index (χ4v) is 5.18. The Hall–Kier alpha value is -0.0400. The fourth-order valence-electron chi connectivity index (χ4n) is 5.18. The van der Waals surface area contributed by atoms with Gasteiger partial charge in [0.1, 0.15) is 0 Å². The molecule has 4 aliphatic carbocycles. The molecule has 1 heterocycles. The van der Waals surface area contributed by atoms with Crippen molar-refractivity contribution in [2.45, 2.75) is 51.0 Å². The summed E-state index contributed by atoms with van der Waals surface area (Å²) in [6.45, 7) is 2.81. The summed E-state index contributed by atoms with van der Waals surface area (Å²) in [5.41, 5.74) is 0. The molecule has 0 aromatic carbocycles. The Balaban J connectivity index is 1.59. The van der Waals surface area contributed by atoms with E-state index in [0.717, 1.165) is 23.8 Å². The third-order valence-corrected chi connectivity index (χ3v) is 5.44. The molecule has 0 aromatic rings. The van der Waals surface area contributed by atoms with Crippen molar-refractivity contribution in [2.75, 3.05) is 13.1 Å². The van der Waals surface area contributed by atoms with Crippen molar-refractivity contribution in [1.82, 2.24) is 4.90 Å². The summed E-state index contributed by atoms with van der Waals surface area (Å²) in [6, 6.07) is 0.945. The molecule has 83 valence electrons. The summed E-state index contributed by atoms with van der Waals surface area (Å²) in [5.74, 6) is 5.26. The van der Waals surface area contributed by atoms with Crippen LogP contribution in [0.2, 0.25) is 0 Å². The van der Waals surface area contributed by atoms with Crippen molar-refractivity contribution in [2.24, 2.45) is 17.8 Å². The van der Waals surface area contributed by atoms with Crippen LogP contribution in [0.3, 0.4) is 0 Å². The molecule has 3 unspecified atom stereocenters. The van der Waals surface area contributed by atoms with Crippen molar-refractivity contribution < 1.29 is 0 Å². The highest BCUT2D eigenvalue weighted by Crippen LogP contribution is 2.56. The molecule has 0 N–H and O–H groups in total. The predicted octanol–water partition coefficient (Wildman–Crippen LogP) is 2.87. The van der Waals surface area contributed by atoms with E-state index in [1.165, 1.54) is 38.8 Å². The van der Waals surface area contributed by atoms with Gasteiger partial charge in [0.15, 0.2) is 0 Å². The van der Waals surface area contributed by atoms with Gasteiger partial charge in [-0.1, -0.05) is 0 Å². The van der Waals surface area contributed by atoms with Gasteiger partial charge in [0.25, 0.3) is 0 Å². The summed E-state index contributed by atoms with van der Waals surface area (Å²) in [5, 5.41) is 0. The zero-order valence-electron chi connectivity index (χ0n) is 9.62. The SMILES string of the molecule is C1CCN(C2[C]3CC4CC(C3)CC2C4)C1. The van der Waals surface area contributed by atoms with Crippen LogP contribution in [0.1, 0.15) is 44.9 Å². The van der Waals surface area contributed by atoms with E-state index in [1.807, 2.05) is 5.92 Å². The molecule has 1 saturated heterocycles. The summed E-state index contributed by atoms with van der Waals surface area (Å²) in [6.07, 6.45) is 10.7. The quantitative estimate of drug-likeness (QED) is 0.635. The summed E-state index contributed by atoms with van der Waals surface area (Å²) in [4.78, 5) is 2.83. The van der Waals surface area contributed by atoms with E-state index in [2.05, 4.69) is 4.90 Å². The molecular weight excluding hydrogens is 182 g/mol. The molecule has 5 fully saturated rings. The molecule has 3 atom stereocenters. The van der Waals surface area contributed by atoms with Gasteiger partial charge in [0.2, 0.25) is 0 Å². The van der Waals surface area contributed by atoms with Crippen molar-refractivity contribution in [3.05, 3.63) is 5.92 Å². The molecule has 15 heavy (non-hydrogen) atoms. The van der Waals surface area contributed by atoms with Gasteiger partial charge in [0.05, 0.1) is 0 Å². The van der Waals surface area contributed by atoms with Crippen LogP contribution in [0, 0.1) is 23.7 Å². The Morgan fingerprint density at radius 1 is 0.867 bits per heavy atom. The third-order valence-electron chi connectivity index (χ3n) is 5.44. The van der Waals surface area contributed by atoms with Crippen molar-refractivity contribution in [3.8, 4) is 0 Å². The van der Waals surface area contributed by atoms with Crippen LogP contribution >= 0.6 is 0 Å². The molecule has 1 aliphatic heterocycles. The second-order valence-electron chi connectivity index (χ2n) is 6.45. The second kappa shape index (κ2) is 3.23. The fraction of sp³-hybridized carbons (Fsp3) is 0.929. The van der Waals surface area contributed by atoms with Gasteiger partial charge in [-0.2, -0.15) is 0 Å². The van der Waals surface area contributed by atoms with Gasteiger partial charge in [-0.25, -0.2) is 0 Å². The Labute approximate surface area is 93.2 Å². The van der Waals surface area contributed by atoms with Crippen molar-refractivity contribution in [1.29, 1.82) is 0 Å². The van der Waals surface area contributed by atoms with Gasteiger partial charge in [-0.3, -0.25) is 4.90 Å². The minimum absolute atomic E-state index is 0.945. The molecule has 1 heteroatoms. The average Bonchev–Trinajstić information content (AvgIpc) is 2.69. The Morgan fingerprint density at radius 3 is 2.13 bits per heavy atom. The number of hydrogen-bond acceptors (Lipinski definition) is 1. The smallest absolute Gasteiger partial charge is 0.0186 e. The highest BCUT2D eigenvalue weighted by atomic mass is 15.2. The van der Waals surface area contributed by atoms with Crippen LogP contribution in [-0.2, 0) is 0 Å². The Kier molecular flexibility index (Phi) is 1.94. The van der Waals surface area contributed by atoms with E-state index >= 15 is 0 Å². The topological polar surface area (TPSA) is 3.24 Å². The monoisotopic (exact) mass is 204 g/mol. The lowest BCUT2D eigenvalue weighted by Crippen LogP contribution is -2.54. The van der Waals surface area contributed by atoms with Crippen LogP contribution in [0.15, 0.2) is 0 Å². The maximum absolute atomic E-state index is 2.83. The molecule has 4 saturated carbocycles. The predicted molar refractivity (Wildman–Crippen MR) is 61.4 cm³/mol. The van der Waals surface area contributed by atoms with E-state index in [9.17, 15) is 0 Å². The first-order valence-corrected chi connectivity index (χ1v) is 6.99. The summed E-state index contributed by atoms with van der Waals surface area (Å²) in [7, 11) is 0. The summed E-state index contributed by atoms with van der Waals surface area (Å²) < 4.78 is 0. The highest BCUT2D eigenvalue weighted by molar-refractivity contribution is 5.17. The highest BCUT2D eigenvalue weighted by Gasteiger charge is 2.50. The van der Waals surface area contributed by atoms with Gasteiger partial charge in [-0.05, 0) is 81.7 Å². The molecule has 1 radical (unpaired) electrons. The van der Waals surface area contributed by atoms with Gasteiger partial charge in [-0.15, -0.1) is 0 Å². The van der Waals surface area contributed by atoms with E-state index in [1.54, 1.807) is 19.3 Å². The van der Waals surface area contributed by atoms with E-state index < -0.39 is 0 Å².